The molecule has 9 heteroatoms. The van der Waals surface area contributed by atoms with E-state index in [1.54, 1.807) is 42.5 Å². The maximum absolute atomic E-state index is 12.8. The standard InChI is InChI=1S/C19H15F3N2O3S/c20-19(21,22)27-16-7-4-8-17(13-16)28(25,26)24-18(14-5-2-1-3-6-14)15-9-11-23-12-10-15/h1-13,18,24H. The van der Waals surface area contributed by atoms with Crippen LogP contribution in [-0.2, 0) is 10.0 Å². The zero-order valence-electron chi connectivity index (χ0n) is 14.3. The zero-order valence-corrected chi connectivity index (χ0v) is 15.1. The highest BCUT2D eigenvalue weighted by Gasteiger charge is 2.32. The lowest BCUT2D eigenvalue weighted by molar-refractivity contribution is -0.274. The SMILES string of the molecule is O=S(=O)(NC(c1ccccc1)c1ccncc1)c1cccc(OC(F)(F)F)c1. The Hall–Kier alpha value is -2.91. The van der Waals surface area contributed by atoms with Crippen molar-refractivity contribution in [2.45, 2.75) is 17.3 Å². The number of nitrogens with zero attached hydrogens (tertiary/aromatic N) is 1. The molecule has 0 saturated carbocycles. The molecule has 1 atom stereocenters. The second-order valence-corrected chi connectivity index (χ2v) is 7.48. The molecular weight excluding hydrogens is 393 g/mol. The second-order valence-electron chi connectivity index (χ2n) is 5.77. The summed E-state index contributed by atoms with van der Waals surface area (Å²) in [6, 6.07) is 15.6. The Morgan fingerprint density at radius 1 is 0.893 bits per heavy atom. The van der Waals surface area contributed by atoms with Gasteiger partial charge >= 0.3 is 6.36 Å². The van der Waals surface area contributed by atoms with Crippen LogP contribution in [0.2, 0.25) is 0 Å². The van der Waals surface area contributed by atoms with E-state index in [1.807, 2.05) is 0 Å². The van der Waals surface area contributed by atoms with Gasteiger partial charge in [-0.1, -0.05) is 36.4 Å². The molecule has 1 heterocycles. The van der Waals surface area contributed by atoms with Gasteiger partial charge < -0.3 is 4.74 Å². The number of nitrogens with one attached hydrogen (secondary N) is 1. The predicted molar refractivity (Wildman–Crippen MR) is 96.0 cm³/mol. The van der Waals surface area contributed by atoms with Gasteiger partial charge in [0, 0.05) is 18.5 Å². The Balaban J connectivity index is 1.95. The molecule has 1 N–H and O–H groups in total. The highest BCUT2D eigenvalue weighted by molar-refractivity contribution is 7.89. The first-order valence-electron chi connectivity index (χ1n) is 8.08. The summed E-state index contributed by atoms with van der Waals surface area (Å²) in [5.74, 6) is -0.615. The summed E-state index contributed by atoms with van der Waals surface area (Å²) in [5.41, 5.74) is 1.30. The fourth-order valence-electron chi connectivity index (χ4n) is 2.59. The van der Waals surface area contributed by atoms with E-state index in [4.69, 9.17) is 0 Å². The van der Waals surface area contributed by atoms with Crippen molar-refractivity contribution in [1.82, 2.24) is 9.71 Å². The average Bonchev–Trinajstić information content (AvgIpc) is 2.66. The number of hydrogen-bond donors (Lipinski definition) is 1. The third kappa shape index (κ3) is 5.08. The smallest absolute Gasteiger partial charge is 0.406 e. The highest BCUT2D eigenvalue weighted by Crippen LogP contribution is 2.27. The fourth-order valence-corrected chi connectivity index (χ4v) is 3.84. The van der Waals surface area contributed by atoms with E-state index >= 15 is 0 Å². The molecule has 0 spiro atoms. The average molecular weight is 408 g/mol. The number of halogens is 3. The molecule has 146 valence electrons. The lowest BCUT2D eigenvalue weighted by atomic mass is 10.0. The molecule has 0 aliphatic heterocycles. The fraction of sp³-hybridized carbons (Fsp3) is 0.105. The minimum Gasteiger partial charge on any atom is -0.406 e. The number of alkyl halides is 3. The number of sulfonamides is 1. The van der Waals surface area contributed by atoms with Crippen molar-refractivity contribution in [1.29, 1.82) is 0 Å². The first kappa shape index (κ1) is 19.8. The van der Waals surface area contributed by atoms with E-state index < -0.39 is 28.2 Å². The lowest BCUT2D eigenvalue weighted by Gasteiger charge is -2.20. The topological polar surface area (TPSA) is 68.3 Å². The van der Waals surface area contributed by atoms with Crippen LogP contribution in [0.15, 0.2) is 84.0 Å². The van der Waals surface area contributed by atoms with Crippen molar-refractivity contribution in [2.24, 2.45) is 0 Å². The van der Waals surface area contributed by atoms with E-state index in [0.717, 1.165) is 12.1 Å². The normalized spacial score (nSPS) is 13.1. The molecule has 2 aromatic carbocycles. The molecule has 0 amide bonds. The van der Waals surface area contributed by atoms with Crippen LogP contribution in [0.25, 0.3) is 0 Å². The van der Waals surface area contributed by atoms with Crippen molar-refractivity contribution in [3.63, 3.8) is 0 Å². The summed E-state index contributed by atoms with van der Waals surface area (Å²) in [4.78, 5) is 3.58. The molecule has 3 rings (SSSR count). The van der Waals surface area contributed by atoms with Gasteiger partial charge in [-0.2, -0.15) is 4.72 Å². The van der Waals surface area contributed by atoms with Crippen LogP contribution in [0.1, 0.15) is 17.2 Å². The predicted octanol–water partition coefficient (Wildman–Crippen LogP) is 4.05. The minimum atomic E-state index is -4.92. The van der Waals surface area contributed by atoms with Crippen LogP contribution in [0, 0.1) is 0 Å². The maximum Gasteiger partial charge on any atom is 0.573 e. The van der Waals surface area contributed by atoms with Crippen LogP contribution < -0.4 is 9.46 Å². The van der Waals surface area contributed by atoms with E-state index in [-0.39, 0.29) is 4.90 Å². The quantitative estimate of drug-likeness (QED) is 0.668. The Labute approximate surface area is 159 Å². The third-order valence-corrected chi connectivity index (χ3v) is 5.22. The van der Waals surface area contributed by atoms with E-state index in [1.165, 1.54) is 24.5 Å². The number of ether oxygens (including phenoxy) is 1. The number of hydrogen-bond acceptors (Lipinski definition) is 4. The number of pyridine rings is 1. The number of aromatic nitrogens is 1. The molecule has 0 fully saturated rings. The first-order valence-corrected chi connectivity index (χ1v) is 9.56. The van der Waals surface area contributed by atoms with Gasteiger partial charge in [0.2, 0.25) is 10.0 Å². The largest absolute Gasteiger partial charge is 0.573 e. The molecule has 0 aliphatic rings. The van der Waals surface area contributed by atoms with Crippen molar-refractivity contribution in [2.75, 3.05) is 0 Å². The summed E-state index contributed by atoms with van der Waals surface area (Å²) in [7, 11) is -4.15. The molecule has 1 aromatic heterocycles. The Kier molecular flexibility index (Phi) is 5.66. The van der Waals surface area contributed by atoms with E-state index in [9.17, 15) is 21.6 Å². The molecule has 0 bridgehead atoms. The van der Waals surface area contributed by atoms with Gasteiger partial charge in [0.25, 0.3) is 0 Å². The summed E-state index contributed by atoms with van der Waals surface area (Å²) in [5, 5.41) is 0. The van der Waals surface area contributed by atoms with Crippen LogP contribution in [0.3, 0.4) is 0 Å². The van der Waals surface area contributed by atoms with Crippen LogP contribution in [0.4, 0.5) is 13.2 Å². The molecule has 0 saturated heterocycles. The molecule has 1 unspecified atom stereocenters. The first-order chi connectivity index (χ1) is 13.2. The lowest BCUT2D eigenvalue weighted by Crippen LogP contribution is -2.29. The summed E-state index contributed by atoms with van der Waals surface area (Å²) in [6.07, 6.45) is -1.87. The maximum atomic E-state index is 12.8. The van der Waals surface area contributed by atoms with E-state index in [2.05, 4.69) is 14.4 Å². The Bertz CT molecular complexity index is 988. The van der Waals surface area contributed by atoms with Crippen LogP contribution in [-0.4, -0.2) is 19.8 Å². The van der Waals surface area contributed by atoms with Gasteiger partial charge in [0.1, 0.15) is 5.75 Å². The third-order valence-electron chi connectivity index (χ3n) is 3.79. The number of benzene rings is 2. The van der Waals surface area contributed by atoms with Gasteiger partial charge in [-0.15, -0.1) is 13.2 Å². The molecule has 28 heavy (non-hydrogen) atoms. The Morgan fingerprint density at radius 3 is 2.18 bits per heavy atom. The van der Waals surface area contributed by atoms with Crippen molar-refractivity contribution >= 4 is 10.0 Å². The molecule has 0 radical (unpaired) electrons. The summed E-state index contributed by atoms with van der Waals surface area (Å²) >= 11 is 0. The van der Waals surface area contributed by atoms with E-state index in [0.29, 0.717) is 11.1 Å². The van der Waals surface area contributed by atoms with Gasteiger partial charge in [-0.3, -0.25) is 4.98 Å². The molecule has 3 aromatic rings. The van der Waals surface area contributed by atoms with Crippen molar-refractivity contribution in [3.05, 3.63) is 90.3 Å². The second kappa shape index (κ2) is 7.99. The highest BCUT2D eigenvalue weighted by atomic mass is 32.2. The summed E-state index contributed by atoms with van der Waals surface area (Å²) < 4.78 is 69.3. The number of rotatable bonds is 6. The van der Waals surface area contributed by atoms with Crippen molar-refractivity contribution < 1.29 is 26.3 Å². The molecule has 0 aliphatic carbocycles. The zero-order chi connectivity index (χ0) is 20.2. The van der Waals surface area contributed by atoms with Crippen LogP contribution >= 0.6 is 0 Å². The van der Waals surface area contributed by atoms with Gasteiger partial charge in [0.15, 0.2) is 0 Å². The monoisotopic (exact) mass is 408 g/mol. The molecular formula is C19H15F3N2O3S. The van der Waals surface area contributed by atoms with Gasteiger partial charge in [-0.25, -0.2) is 8.42 Å². The molecule has 5 nitrogen and oxygen atoms in total. The van der Waals surface area contributed by atoms with Gasteiger partial charge in [-0.05, 0) is 35.4 Å². The minimum absolute atomic E-state index is 0.343. The van der Waals surface area contributed by atoms with Crippen molar-refractivity contribution in [3.8, 4) is 5.75 Å². The summed E-state index contributed by atoms with van der Waals surface area (Å²) in [6.45, 7) is 0. The Morgan fingerprint density at radius 2 is 1.54 bits per heavy atom. The van der Waals surface area contributed by atoms with Crippen LogP contribution in [0.5, 0.6) is 5.75 Å². The van der Waals surface area contributed by atoms with Gasteiger partial charge in [0.05, 0.1) is 10.9 Å².